The highest BCUT2D eigenvalue weighted by Crippen LogP contribution is 2.12. The smallest absolute Gasteiger partial charge is 0.158 e. The van der Waals surface area contributed by atoms with E-state index < -0.39 is 0 Å². The third-order valence-corrected chi connectivity index (χ3v) is 2.66. The van der Waals surface area contributed by atoms with Gasteiger partial charge in [0.25, 0.3) is 0 Å². The van der Waals surface area contributed by atoms with Gasteiger partial charge in [-0.3, -0.25) is 0 Å². The van der Waals surface area contributed by atoms with Gasteiger partial charge in [0.1, 0.15) is 17.6 Å². The van der Waals surface area contributed by atoms with Gasteiger partial charge in [-0.15, -0.1) is 0 Å². The van der Waals surface area contributed by atoms with Crippen molar-refractivity contribution in [1.29, 1.82) is 0 Å². The predicted molar refractivity (Wildman–Crippen MR) is 78.2 cm³/mol. The molecule has 0 aliphatic heterocycles. The summed E-state index contributed by atoms with van der Waals surface area (Å²) in [6.45, 7) is 3.19. The number of nitrogens with one attached hydrogen (secondary N) is 1. The lowest BCUT2D eigenvalue weighted by molar-refractivity contribution is 0.0691. The number of aromatic nitrogens is 2. The maximum Gasteiger partial charge on any atom is 0.158 e. The van der Waals surface area contributed by atoms with Gasteiger partial charge in [-0.1, -0.05) is 11.6 Å². The third-order valence-electron chi connectivity index (χ3n) is 2.47. The van der Waals surface area contributed by atoms with Crippen molar-refractivity contribution in [3.05, 3.63) is 17.0 Å². The number of halogens is 1. The topological polar surface area (TPSA) is 65.5 Å². The lowest BCUT2D eigenvalue weighted by Gasteiger charge is -2.08. The van der Waals surface area contributed by atoms with Crippen LogP contribution in [0.4, 0.5) is 5.82 Å². The third kappa shape index (κ3) is 7.59. The van der Waals surface area contributed by atoms with E-state index in [4.69, 9.17) is 25.8 Å². The number of hydrogen-bond acceptors (Lipinski definition) is 6. The van der Waals surface area contributed by atoms with E-state index in [2.05, 4.69) is 15.3 Å². The molecule has 0 radical (unpaired) electrons. The monoisotopic (exact) mass is 303 g/mol. The number of ether oxygens (including phenoxy) is 3. The van der Waals surface area contributed by atoms with Gasteiger partial charge in [0.2, 0.25) is 0 Å². The Kier molecular flexibility index (Phi) is 9.23. The van der Waals surface area contributed by atoms with Crippen LogP contribution in [0.1, 0.15) is 18.7 Å². The fraction of sp³-hybridized carbons (Fsp3) is 0.692. The quantitative estimate of drug-likeness (QED) is 0.499. The molecule has 0 atom stereocenters. The van der Waals surface area contributed by atoms with Crippen LogP contribution in [-0.4, -0.2) is 50.6 Å². The molecular formula is C13H22ClN3O3. The molecule has 0 bridgehead atoms. The minimum atomic E-state index is 0.350. The highest BCUT2D eigenvalue weighted by Gasteiger charge is 2.02. The summed E-state index contributed by atoms with van der Waals surface area (Å²) in [4.78, 5) is 8.37. The highest BCUT2D eigenvalue weighted by atomic mass is 35.5. The second-order valence-electron chi connectivity index (χ2n) is 4.16. The SMILES string of the molecule is COCCOCCCCNc1cc(Cl)nc(COC)n1. The molecule has 0 aliphatic carbocycles. The molecule has 20 heavy (non-hydrogen) atoms. The molecule has 1 rings (SSSR count). The van der Waals surface area contributed by atoms with E-state index in [1.807, 2.05) is 0 Å². The first-order valence-corrected chi connectivity index (χ1v) is 6.97. The Morgan fingerprint density at radius 2 is 1.95 bits per heavy atom. The maximum atomic E-state index is 5.92. The van der Waals surface area contributed by atoms with Gasteiger partial charge in [0.05, 0.1) is 13.2 Å². The Morgan fingerprint density at radius 1 is 1.10 bits per heavy atom. The lowest BCUT2D eigenvalue weighted by Crippen LogP contribution is -2.08. The molecule has 1 aromatic heterocycles. The average molecular weight is 304 g/mol. The Balaban J connectivity index is 2.18. The highest BCUT2D eigenvalue weighted by molar-refractivity contribution is 6.29. The largest absolute Gasteiger partial charge is 0.382 e. The fourth-order valence-electron chi connectivity index (χ4n) is 1.54. The first-order chi connectivity index (χ1) is 9.76. The zero-order valence-corrected chi connectivity index (χ0v) is 12.8. The molecule has 1 heterocycles. The number of methoxy groups -OCH3 is 2. The van der Waals surface area contributed by atoms with E-state index in [9.17, 15) is 0 Å². The summed E-state index contributed by atoms with van der Waals surface area (Å²) < 4.78 is 15.3. The van der Waals surface area contributed by atoms with E-state index in [1.54, 1.807) is 20.3 Å². The lowest BCUT2D eigenvalue weighted by atomic mass is 10.3. The van der Waals surface area contributed by atoms with Crippen LogP contribution in [0.3, 0.4) is 0 Å². The van der Waals surface area contributed by atoms with Gasteiger partial charge < -0.3 is 19.5 Å². The van der Waals surface area contributed by atoms with Crippen LogP contribution in [-0.2, 0) is 20.8 Å². The molecule has 7 heteroatoms. The molecule has 114 valence electrons. The summed E-state index contributed by atoms with van der Waals surface area (Å²) >= 11 is 5.92. The number of nitrogens with zero attached hydrogens (tertiary/aromatic N) is 2. The first kappa shape index (κ1) is 17.1. The molecule has 0 aromatic carbocycles. The molecular weight excluding hydrogens is 282 g/mol. The Hall–Kier alpha value is -0.950. The van der Waals surface area contributed by atoms with Crippen molar-refractivity contribution in [1.82, 2.24) is 9.97 Å². The minimum absolute atomic E-state index is 0.350. The molecule has 0 aliphatic rings. The summed E-state index contributed by atoms with van der Waals surface area (Å²) in [7, 11) is 3.26. The first-order valence-electron chi connectivity index (χ1n) is 6.59. The molecule has 0 spiro atoms. The molecule has 0 amide bonds. The minimum Gasteiger partial charge on any atom is -0.382 e. The number of unbranched alkanes of at least 4 members (excludes halogenated alkanes) is 1. The van der Waals surface area contributed by atoms with Crippen molar-refractivity contribution < 1.29 is 14.2 Å². The van der Waals surface area contributed by atoms with Gasteiger partial charge in [-0.05, 0) is 12.8 Å². The Morgan fingerprint density at radius 3 is 2.70 bits per heavy atom. The zero-order chi connectivity index (χ0) is 14.6. The van der Waals surface area contributed by atoms with Crippen molar-refractivity contribution in [2.75, 3.05) is 45.9 Å². The molecule has 6 nitrogen and oxygen atoms in total. The molecule has 1 aromatic rings. The van der Waals surface area contributed by atoms with E-state index >= 15 is 0 Å². The van der Waals surface area contributed by atoms with Crippen molar-refractivity contribution in [2.24, 2.45) is 0 Å². The molecule has 0 saturated heterocycles. The Bertz CT molecular complexity index is 380. The van der Waals surface area contributed by atoms with Crippen LogP contribution in [0.15, 0.2) is 6.07 Å². The molecule has 0 saturated carbocycles. The summed E-state index contributed by atoms with van der Waals surface area (Å²) in [6, 6.07) is 1.70. The van der Waals surface area contributed by atoms with Gasteiger partial charge in [-0.25, -0.2) is 9.97 Å². The normalized spacial score (nSPS) is 10.8. The number of anilines is 1. The summed E-state index contributed by atoms with van der Waals surface area (Å²) in [5.41, 5.74) is 0. The van der Waals surface area contributed by atoms with Crippen molar-refractivity contribution in [2.45, 2.75) is 19.4 Å². The fourth-order valence-corrected chi connectivity index (χ4v) is 1.74. The van der Waals surface area contributed by atoms with Gasteiger partial charge in [0.15, 0.2) is 5.82 Å². The van der Waals surface area contributed by atoms with E-state index in [-0.39, 0.29) is 0 Å². The van der Waals surface area contributed by atoms with Gasteiger partial charge in [-0.2, -0.15) is 0 Å². The summed E-state index contributed by atoms with van der Waals surface area (Å²) in [5, 5.41) is 3.63. The van der Waals surface area contributed by atoms with Gasteiger partial charge in [0, 0.05) is 33.4 Å². The number of hydrogen-bond donors (Lipinski definition) is 1. The van der Waals surface area contributed by atoms with Gasteiger partial charge >= 0.3 is 0 Å². The van der Waals surface area contributed by atoms with E-state index in [0.717, 1.165) is 31.8 Å². The predicted octanol–water partition coefficient (Wildman–Crippen LogP) is 2.13. The van der Waals surface area contributed by atoms with Crippen LogP contribution in [0.25, 0.3) is 0 Å². The van der Waals surface area contributed by atoms with Crippen molar-refractivity contribution in [3.63, 3.8) is 0 Å². The summed E-state index contributed by atoms with van der Waals surface area (Å²) in [5.74, 6) is 1.29. The second kappa shape index (κ2) is 10.8. The van der Waals surface area contributed by atoms with E-state index in [0.29, 0.717) is 30.8 Å². The number of rotatable bonds is 11. The second-order valence-corrected chi connectivity index (χ2v) is 4.55. The van der Waals surface area contributed by atoms with Crippen molar-refractivity contribution >= 4 is 17.4 Å². The zero-order valence-electron chi connectivity index (χ0n) is 12.0. The molecule has 0 unspecified atom stereocenters. The average Bonchev–Trinajstić information content (AvgIpc) is 2.41. The van der Waals surface area contributed by atoms with Crippen molar-refractivity contribution in [3.8, 4) is 0 Å². The van der Waals surface area contributed by atoms with Crippen LogP contribution < -0.4 is 5.32 Å². The molecule has 0 fully saturated rings. The maximum absolute atomic E-state index is 5.92. The Labute approximate surface area is 124 Å². The van der Waals surface area contributed by atoms with Crippen LogP contribution in [0.5, 0.6) is 0 Å². The van der Waals surface area contributed by atoms with Crippen LogP contribution in [0.2, 0.25) is 5.15 Å². The standard InChI is InChI=1S/C13H22ClN3O3/c1-18-7-8-20-6-4-3-5-15-12-9-11(14)16-13(17-12)10-19-2/h9H,3-8,10H2,1-2H3,(H,15,16,17). The van der Waals surface area contributed by atoms with Crippen LogP contribution in [0, 0.1) is 0 Å². The van der Waals surface area contributed by atoms with Crippen LogP contribution >= 0.6 is 11.6 Å². The van der Waals surface area contributed by atoms with E-state index in [1.165, 1.54) is 0 Å². The molecule has 1 N–H and O–H groups in total. The summed E-state index contributed by atoms with van der Waals surface area (Å²) in [6.07, 6.45) is 1.98.